The van der Waals surface area contributed by atoms with Crippen molar-refractivity contribution >= 4 is 17.3 Å². The molecule has 0 radical (unpaired) electrons. The van der Waals surface area contributed by atoms with Crippen molar-refractivity contribution in [2.45, 2.75) is 141 Å². The number of carbonyl (C=O) groups excluding carboxylic acids is 3. The van der Waals surface area contributed by atoms with Gasteiger partial charge in [-0.3, -0.25) is 24.3 Å². The van der Waals surface area contributed by atoms with Crippen LogP contribution in [0.5, 0.6) is 0 Å². The second-order valence-corrected chi connectivity index (χ2v) is 21.0. The normalized spacial score (nSPS) is 23.3. The van der Waals surface area contributed by atoms with Crippen molar-refractivity contribution in [3.05, 3.63) is 0 Å². The Hall–Kier alpha value is -1.47. The minimum absolute atomic E-state index is 0.0353. The molecule has 426 valence electrons. The van der Waals surface area contributed by atoms with Crippen molar-refractivity contribution in [2.75, 3.05) is 216 Å². The summed E-state index contributed by atoms with van der Waals surface area (Å²) < 4.78 is 0. The molecule has 0 amide bonds. The van der Waals surface area contributed by atoms with Crippen molar-refractivity contribution in [1.29, 1.82) is 0 Å². The van der Waals surface area contributed by atoms with Gasteiger partial charge in [0.15, 0.2) is 0 Å². The Morgan fingerprint density at radius 3 is 0.861 bits per heavy atom. The summed E-state index contributed by atoms with van der Waals surface area (Å²) >= 11 is 0. The van der Waals surface area contributed by atoms with E-state index >= 15 is 0 Å². The van der Waals surface area contributed by atoms with Gasteiger partial charge in [-0.1, -0.05) is 69.2 Å². The van der Waals surface area contributed by atoms with Crippen LogP contribution in [0.1, 0.15) is 123 Å². The van der Waals surface area contributed by atoms with E-state index in [9.17, 15) is 14.4 Å². The molecule has 15 heteroatoms. The first kappa shape index (κ1) is 68.5. The molecule has 15 nitrogen and oxygen atoms in total. The second-order valence-electron chi connectivity index (χ2n) is 21.0. The maximum atomic E-state index is 12.2. The van der Waals surface area contributed by atoms with Gasteiger partial charge in [-0.15, -0.1) is 0 Å². The van der Waals surface area contributed by atoms with E-state index in [0.717, 1.165) is 209 Å². The quantitative estimate of drug-likeness (QED) is 0.187. The highest BCUT2D eigenvalue weighted by Crippen LogP contribution is 2.12. The van der Waals surface area contributed by atoms with Gasteiger partial charge < -0.3 is 48.9 Å². The van der Waals surface area contributed by atoms with Gasteiger partial charge in [0.05, 0.1) is 6.04 Å². The Morgan fingerprint density at radius 1 is 0.347 bits per heavy atom. The standard InChI is InChI=1S/C20H42N4O.C19H40N4O.C18H38N4O/c1-6-21-11-13-22(7-2)15-17-24(19(4)9-10-20(5)25)18-16-23(8-3)14-12-21;1-6-20-9-11-21(7-2)13-15-23(18(4)17-19(5)24)16-14-22(8-3)12-10-20;1-6-19-10-11-20(7-2)14-15-22(9-4)18(17(5)23)16-21(8-3)13-12-19/h19H,6-18H2,1-5H3;18H,6-17H2,1-5H3;18H,6-16H2,1-5H3. The highest BCUT2D eigenvalue weighted by atomic mass is 16.1. The molecule has 0 N–H and O–H groups in total. The van der Waals surface area contributed by atoms with Gasteiger partial charge in [0.2, 0.25) is 0 Å². The van der Waals surface area contributed by atoms with Crippen molar-refractivity contribution in [3.8, 4) is 0 Å². The minimum Gasteiger partial charge on any atom is -0.301 e. The Bertz CT molecular complexity index is 1320. The zero-order chi connectivity index (χ0) is 53.8. The van der Waals surface area contributed by atoms with Gasteiger partial charge in [-0.05, 0) is 106 Å². The molecule has 0 aromatic heterocycles. The topological polar surface area (TPSA) is 90.1 Å². The Labute approximate surface area is 446 Å². The third-order valence-electron chi connectivity index (χ3n) is 16.4. The molecular weight excluding hydrogens is 901 g/mol. The molecule has 72 heavy (non-hydrogen) atoms. The third-order valence-corrected chi connectivity index (χ3v) is 16.4. The van der Waals surface area contributed by atoms with Gasteiger partial charge in [0.25, 0.3) is 0 Å². The number of Topliss-reactive ketones (excluding diaryl/α,β-unsaturated/α-hetero) is 3. The zero-order valence-corrected chi connectivity index (χ0v) is 50.3. The Balaban J connectivity index is 0.000000540. The summed E-state index contributed by atoms with van der Waals surface area (Å²) in [6.07, 6.45) is 2.36. The number of rotatable bonds is 18. The molecule has 0 saturated carbocycles. The molecule has 0 aromatic rings. The van der Waals surface area contributed by atoms with E-state index in [4.69, 9.17) is 0 Å². The number of hydrogen-bond donors (Lipinski definition) is 0. The van der Waals surface area contributed by atoms with E-state index in [2.05, 4.69) is 142 Å². The summed E-state index contributed by atoms with van der Waals surface area (Å²) in [5, 5.41) is 0. The average molecular weight is 1020 g/mol. The van der Waals surface area contributed by atoms with Gasteiger partial charge in [0.1, 0.15) is 17.3 Å². The highest BCUT2D eigenvalue weighted by Gasteiger charge is 2.26. The van der Waals surface area contributed by atoms with Gasteiger partial charge in [0, 0.05) is 175 Å². The van der Waals surface area contributed by atoms with Gasteiger partial charge >= 0.3 is 0 Å². The molecule has 3 saturated heterocycles. The van der Waals surface area contributed by atoms with Crippen LogP contribution in [0, 0.1) is 0 Å². The molecule has 0 spiro atoms. The number of likely N-dealkylation sites (N-methyl/N-ethyl adjacent to an activating group) is 10. The fraction of sp³-hybridized carbons (Fsp3) is 0.947. The maximum Gasteiger partial charge on any atom is 0.148 e. The number of hydrogen-bond acceptors (Lipinski definition) is 15. The average Bonchev–Trinajstić information content (AvgIpc) is 3.36. The summed E-state index contributed by atoms with van der Waals surface area (Å²) in [7, 11) is 0. The van der Waals surface area contributed by atoms with Crippen molar-refractivity contribution in [3.63, 3.8) is 0 Å². The summed E-state index contributed by atoms with van der Waals surface area (Å²) in [5.74, 6) is 0.913. The fourth-order valence-corrected chi connectivity index (χ4v) is 10.4. The summed E-state index contributed by atoms with van der Waals surface area (Å²) in [5.41, 5.74) is 0. The smallest absolute Gasteiger partial charge is 0.148 e. The van der Waals surface area contributed by atoms with Crippen molar-refractivity contribution in [2.24, 2.45) is 0 Å². The number of carbonyl (C=O) groups is 3. The van der Waals surface area contributed by atoms with Crippen LogP contribution in [-0.4, -0.2) is 310 Å². The van der Waals surface area contributed by atoms with Crippen LogP contribution in [0.3, 0.4) is 0 Å². The second kappa shape index (κ2) is 41.7. The largest absolute Gasteiger partial charge is 0.301 e. The lowest BCUT2D eigenvalue weighted by atomic mass is 10.1. The van der Waals surface area contributed by atoms with Crippen LogP contribution in [0.15, 0.2) is 0 Å². The van der Waals surface area contributed by atoms with Crippen molar-refractivity contribution in [1.82, 2.24) is 58.8 Å². The fourth-order valence-electron chi connectivity index (χ4n) is 10.4. The summed E-state index contributed by atoms with van der Waals surface area (Å²) in [6.45, 7) is 68.4. The van der Waals surface area contributed by atoms with Crippen LogP contribution in [0.25, 0.3) is 0 Å². The first-order valence-corrected chi connectivity index (χ1v) is 29.8. The van der Waals surface area contributed by atoms with E-state index in [-0.39, 0.29) is 6.04 Å². The van der Waals surface area contributed by atoms with Crippen LogP contribution >= 0.6 is 0 Å². The van der Waals surface area contributed by atoms with E-state index < -0.39 is 0 Å². The van der Waals surface area contributed by atoms with Crippen LogP contribution < -0.4 is 0 Å². The van der Waals surface area contributed by atoms with Crippen LogP contribution in [0.2, 0.25) is 0 Å². The lowest BCUT2D eigenvalue weighted by Gasteiger charge is -2.37. The molecular formula is C57H120N12O3. The third kappa shape index (κ3) is 29.7. The van der Waals surface area contributed by atoms with E-state index in [1.807, 2.05) is 0 Å². The van der Waals surface area contributed by atoms with E-state index in [1.165, 1.54) is 13.1 Å². The van der Waals surface area contributed by atoms with Crippen molar-refractivity contribution < 1.29 is 14.4 Å². The van der Waals surface area contributed by atoms with E-state index in [0.29, 0.717) is 42.3 Å². The summed E-state index contributed by atoms with van der Waals surface area (Å²) in [4.78, 5) is 65.5. The molecule has 0 aromatic carbocycles. The van der Waals surface area contributed by atoms with Crippen LogP contribution in [-0.2, 0) is 14.4 Å². The zero-order valence-electron chi connectivity index (χ0n) is 50.3. The molecule has 0 bridgehead atoms. The lowest BCUT2D eigenvalue weighted by molar-refractivity contribution is -0.123. The predicted molar refractivity (Wildman–Crippen MR) is 308 cm³/mol. The number of nitrogens with zero attached hydrogens (tertiary/aromatic N) is 12. The predicted octanol–water partition coefficient (Wildman–Crippen LogP) is 4.91. The van der Waals surface area contributed by atoms with Gasteiger partial charge in [-0.25, -0.2) is 0 Å². The molecule has 3 fully saturated rings. The minimum atomic E-state index is 0.0353. The maximum absolute atomic E-state index is 12.2. The monoisotopic (exact) mass is 1020 g/mol. The first-order chi connectivity index (χ1) is 34.5. The molecule has 3 aliphatic heterocycles. The number of ketones is 3. The molecule has 3 heterocycles. The lowest BCUT2D eigenvalue weighted by Crippen LogP contribution is -2.52. The van der Waals surface area contributed by atoms with Crippen LogP contribution in [0.4, 0.5) is 0 Å². The molecule has 3 unspecified atom stereocenters. The highest BCUT2D eigenvalue weighted by molar-refractivity contribution is 5.81. The molecule has 3 rings (SSSR count). The SMILES string of the molecule is CCN1CCN(CC)CCN(C(C)CC(C)=O)CCN(CC)CC1.CCN1CCN(CC)CCN(C(C)CCC(C)=O)CCN(CC)CC1.CCN1CCN(CC)CCN(CC)C(C(C)=O)CN(CC)CC1. The molecule has 3 atom stereocenters. The molecule has 0 aliphatic carbocycles. The first-order valence-electron chi connectivity index (χ1n) is 29.8. The molecule has 3 aliphatic rings. The summed E-state index contributed by atoms with van der Waals surface area (Å²) in [6, 6.07) is 0.861. The Morgan fingerprint density at radius 2 is 0.611 bits per heavy atom. The van der Waals surface area contributed by atoms with E-state index in [1.54, 1.807) is 20.8 Å². The Kier molecular flexibility index (Phi) is 39.7. The van der Waals surface area contributed by atoms with Gasteiger partial charge in [-0.2, -0.15) is 0 Å².